The van der Waals surface area contributed by atoms with Gasteiger partial charge in [-0.15, -0.1) is 35.3 Å². The van der Waals surface area contributed by atoms with E-state index in [0.29, 0.717) is 5.92 Å². The van der Waals surface area contributed by atoms with Crippen molar-refractivity contribution in [1.82, 2.24) is 15.2 Å². The first-order chi connectivity index (χ1) is 11.2. The van der Waals surface area contributed by atoms with Crippen molar-refractivity contribution in [2.75, 3.05) is 20.1 Å². The van der Waals surface area contributed by atoms with Crippen LogP contribution in [0, 0.1) is 17.8 Å². The highest BCUT2D eigenvalue weighted by atomic mass is 127. The van der Waals surface area contributed by atoms with Crippen LogP contribution in [0.1, 0.15) is 49.4 Å². The fourth-order valence-electron chi connectivity index (χ4n) is 3.95. The van der Waals surface area contributed by atoms with Gasteiger partial charge in [0, 0.05) is 37.6 Å². The Labute approximate surface area is 167 Å². The zero-order chi connectivity index (χ0) is 16.2. The summed E-state index contributed by atoms with van der Waals surface area (Å²) in [5.41, 5.74) is 0. The van der Waals surface area contributed by atoms with Gasteiger partial charge >= 0.3 is 0 Å². The van der Waals surface area contributed by atoms with Crippen molar-refractivity contribution < 1.29 is 0 Å². The summed E-state index contributed by atoms with van der Waals surface area (Å²) >= 11 is 1.83. The maximum atomic E-state index is 4.54. The molecule has 1 aromatic rings. The van der Waals surface area contributed by atoms with E-state index in [2.05, 4.69) is 34.0 Å². The van der Waals surface area contributed by atoms with Gasteiger partial charge < -0.3 is 10.2 Å². The zero-order valence-corrected chi connectivity index (χ0v) is 18.3. The number of nitrogens with zero attached hydrogens (tertiary/aromatic N) is 3. The second-order valence-electron chi connectivity index (χ2n) is 7.43. The third kappa shape index (κ3) is 5.07. The molecule has 24 heavy (non-hydrogen) atoms. The molecule has 2 heterocycles. The molecule has 6 heteroatoms. The largest absolute Gasteiger partial charge is 0.351 e. The van der Waals surface area contributed by atoms with E-state index < -0.39 is 0 Å². The van der Waals surface area contributed by atoms with E-state index >= 15 is 0 Å². The molecule has 0 amide bonds. The minimum absolute atomic E-state index is 0. The molecule has 2 fully saturated rings. The molecular weight excluding hydrogens is 431 g/mol. The highest BCUT2D eigenvalue weighted by molar-refractivity contribution is 14.0. The van der Waals surface area contributed by atoms with Crippen LogP contribution in [-0.2, 0) is 13.0 Å². The molecule has 1 N–H and O–H groups in total. The average Bonchev–Trinajstić information content (AvgIpc) is 3.14. The van der Waals surface area contributed by atoms with Crippen LogP contribution in [0.25, 0.3) is 0 Å². The van der Waals surface area contributed by atoms with E-state index in [4.69, 9.17) is 0 Å². The van der Waals surface area contributed by atoms with Gasteiger partial charge in [-0.3, -0.25) is 4.99 Å². The predicted octanol–water partition coefficient (Wildman–Crippen LogP) is 4.16. The lowest BCUT2D eigenvalue weighted by molar-refractivity contribution is 0.299. The lowest BCUT2D eigenvalue weighted by atomic mass is 9.82. The van der Waals surface area contributed by atoms with Crippen molar-refractivity contribution >= 4 is 41.3 Å². The van der Waals surface area contributed by atoms with E-state index in [1.165, 1.54) is 48.7 Å². The summed E-state index contributed by atoms with van der Waals surface area (Å²) in [6.07, 6.45) is 8.75. The number of aliphatic imine (C=N–C) groups is 1. The fraction of sp³-hybridized carbons (Fsp3) is 0.778. The van der Waals surface area contributed by atoms with Gasteiger partial charge in [-0.05, 0) is 30.6 Å². The second kappa shape index (κ2) is 9.36. The minimum atomic E-state index is 0. The molecule has 0 aromatic carbocycles. The van der Waals surface area contributed by atoms with Gasteiger partial charge in [0.1, 0.15) is 0 Å². The lowest BCUT2D eigenvalue weighted by Gasteiger charge is -2.22. The number of guanidine groups is 1. The van der Waals surface area contributed by atoms with Crippen molar-refractivity contribution in [2.24, 2.45) is 22.7 Å². The molecule has 1 saturated carbocycles. The highest BCUT2D eigenvalue weighted by Crippen LogP contribution is 2.35. The number of likely N-dealkylation sites (tertiary alicyclic amines) is 1. The number of rotatable bonds is 4. The molecule has 3 rings (SSSR count). The Bertz CT molecular complexity index is 529. The molecule has 1 aromatic heterocycles. The Balaban J connectivity index is 0.00000208. The van der Waals surface area contributed by atoms with E-state index in [0.717, 1.165) is 30.8 Å². The Morgan fingerprint density at radius 1 is 1.33 bits per heavy atom. The molecule has 4 nitrogen and oxygen atoms in total. The Morgan fingerprint density at radius 3 is 2.58 bits per heavy atom. The third-order valence-corrected chi connectivity index (χ3v) is 6.11. The van der Waals surface area contributed by atoms with Gasteiger partial charge in [0.25, 0.3) is 0 Å². The fourth-order valence-corrected chi connectivity index (χ4v) is 5.03. The van der Waals surface area contributed by atoms with Crippen LogP contribution < -0.4 is 5.32 Å². The molecule has 1 aliphatic heterocycles. The molecule has 1 saturated heterocycles. The molecule has 0 bridgehead atoms. The topological polar surface area (TPSA) is 40.5 Å². The molecule has 136 valence electrons. The monoisotopic (exact) mass is 462 g/mol. The van der Waals surface area contributed by atoms with Crippen LogP contribution in [0.3, 0.4) is 0 Å². The summed E-state index contributed by atoms with van der Waals surface area (Å²) in [5.74, 6) is 3.52. The molecule has 2 unspecified atom stereocenters. The number of nitrogens with one attached hydrogen (secondary N) is 1. The van der Waals surface area contributed by atoms with Crippen LogP contribution in [-0.4, -0.2) is 36.0 Å². The Kier molecular flexibility index (Phi) is 7.78. The first-order valence-electron chi connectivity index (χ1n) is 9.05. The van der Waals surface area contributed by atoms with Crippen molar-refractivity contribution in [3.05, 3.63) is 16.1 Å². The summed E-state index contributed by atoms with van der Waals surface area (Å²) in [4.78, 5) is 12.8. The third-order valence-electron chi connectivity index (χ3n) is 5.09. The zero-order valence-electron chi connectivity index (χ0n) is 15.1. The average molecular weight is 462 g/mol. The smallest absolute Gasteiger partial charge is 0.193 e. The number of halogens is 1. The van der Waals surface area contributed by atoms with E-state index in [9.17, 15) is 0 Å². The first-order valence-corrected chi connectivity index (χ1v) is 9.86. The highest BCUT2D eigenvalue weighted by Gasteiger charge is 2.35. The Hall–Kier alpha value is -0.370. The van der Waals surface area contributed by atoms with E-state index in [1.807, 2.05) is 24.6 Å². The standard InChI is InChI=1S/C18H30N4S.HI/c1-13(2)8-17-20-9-16(23-17)10-21-18(19-3)22-11-14-6-4-5-7-15(14)12-22;/h9,13-15H,4-8,10-12H2,1-3H3,(H,19,21);1H. The van der Waals surface area contributed by atoms with E-state index in [-0.39, 0.29) is 24.0 Å². The van der Waals surface area contributed by atoms with Crippen LogP contribution in [0.5, 0.6) is 0 Å². The van der Waals surface area contributed by atoms with Gasteiger partial charge in [0.15, 0.2) is 5.96 Å². The van der Waals surface area contributed by atoms with Crippen LogP contribution >= 0.6 is 35.3 Å². The molecule has 2 aliphatic rings. The number of aromatic nitrogens is 1. The molecule has 0 radical (unpaired) electrons. The van der Waals surface area contributed by atoms with Gasteiger partial charge in [0.2, 0.25) is 0 Å². The maximum Gasteiger partial charge on any atom is 0.193 e. The number of hydrogen-bond acceptors (Lipinski definition) is 3. The molecule has 2 atom stereocenters. The van der Waals surface area contributed by atoms with Crippen LogP contribution in [0.4, 0.5) is 0 Å². The normalized spacial score (nSPS) is 24.0. The number of hydrogen-bond donors (Lipinski definition) is 1. The lowest BCUT2D eigenvalue weighted by Crippen LogP contribution is -2.39. The predicted molar refractivity (Wildman–Crippen MR) is 113 cm³/mol. The van der Waals surface area contributed by atoms with Crippen molar-refractivity contribution in [3.8, 4) is 0 Å². The molecule has 0 spiro atoms. The van der Waals surface area contributed by atoms with Crippen LogP contribution in [0.2, 0.25) is 0 Å². The van der Waals surface area contributed by atoms with Gasteiger partial charge in [-0.1, -0.05) is 26.7 Å². The second-order valence-corrected chi connectivity index (χ2v) is 8.63. The SMILES string of the molecule is CN=C(NCc1cnc(CC(C)C)s1)N1CC2CCCCC2C1.I. The summed E-state index contributed by atoms with van der Waals surface area (Å²) in [6.45, 7) is 7.70. The number of thiazole rings is 1. The minimum Gasteiger partial charge on any atom is -0.351 e. The van der Waals surface area contributed by atoms with Gasteiger partial charge in [-0.2, -0.15) is 0 Å². The molecular formula is C18H31IN4S. The van der Waals surface area contributed by atoms with Crippen LogP contribution in [0.15, 0.2) is 11.2 Å². The van der Waals surface area contributed by atoms with E-state index in [1.54, 1.807) is 0 Å². The summed E-state index contributed by atoms with van der Waals surface area (Å²) in [7, 11) is 1.90. The van der Waals surface area contributed by atoms with Crippen molar-refractivity contribution in [3.63, 3.8) is 0 Å². The first kappa shape index (κ1) is 19.9. The van der Waals surface area contributed by atoms with Gasteiger partial charge in [-0.25, -0.2) is 4.98 Å². The van der Waals surface area contributed by atoms with Crippen molar-refractivity contribution in [1.29, 1.82) is 0 Å². The summed E-state index contributed by atoms with van der Waals surface area (Å²) in [6, 6.07) is 0. The number of fused-ring (bicyclic) bond motifs is 1. The Morgan fingerprint density at radius 2 is 2.00 bits per heavy atom. The van der Waals surface area contributed by atoms with Crippen molar-refractivity contribution in [2.45, 2.75) is 52.5 Å². The maximum absolute atomic E-state index is 4.54. The summed E-state index contributed by atoms with van der Waals surface area (Å²) in [5, 5.41) is 4.80. The molecule has 1 aliphatic carbocycles. The van der Waals surface area contributed by atoms with Gasteiger partial charge in [0.05, 0.1) is 11.6 Å². The summed E-state index contributed by atoms with van der Waals surface area (Å²) < 4.78 is 0. The quantitative estimate of drug-likeness (QED) is 0.415.